The molecule has 0 saturated heterocycles. The van der Waals surface area contributed by atoms with Crippen LogP contribution < -0.4 is 9.80 Å². The molecule has 1 heterocycles. The number of anilines is 3. The maximum Gasteiger partial charge on any atom is 0.0450 e. The molecule has 0 fully saturated rings. The fraction of sp³-hybridized carbons (Fsp3) is 0.250. The predicted octanol–water partition coefficient (Wildman–Crippen LogP) is 5.79. The van der Waals surface area contributed by atoms with Crippen LogP contribution in [-0.2, 0) is 0 Å². The summed E-state index contributed by atoms with van der Waals surface area (Å²) < 4.78 is 0. The molecule has 0 aliphatic carbocycles. The third-order valence-electron chi connectivity index (χ3n) is 5.57. The number of hydrogen-bond donors (Lipinski definition) is 0. The minimum atomic E-state index is 0.282. The lowest BCUT2D eigenvalue weighted by Crippen LogP contribution is -2.23. The molecule has 4 rings (SSSR count). The van der Waals surface area contributed by atoms with Crippen molar-refractivity contribution in [1.82, 2.24) is 0 Å². The average Bonchev–Trinajstić information content (AvgIpc) is 2.70. The van der Waals surface area contributed by atoms with E-state index in [2.05, 4.69) is 103 Å². The van der Waals surface area contributed by atoms with E-state index < -0.39 is 0 Å². The summed E-state index contributed by atoms with van der Waals surface area (Å²) in [6, 6.07) is 26.7. The van der Waals surface area contributed by atoms with Crippen molar-refractivity contribution in [3.63, 3.8) is 0 Å². The van der Waals surface area contributed by atoms with Crippen LogP contribution >= 0.6 is 0 Å². The van der Waals surface area contributed by atoms with Gasteiger partial charge in [0, 0.05) is 43.1 Å². The summed E-state index contributed by atoms with van der Waals surface area (Å²) in [5.74, 6) is 0.282. The monoisotopic (exact) mass is 342 g/mol. The SMILES string of the molecule is CCN(CC)c1ccc(C2c3ccccc3N(C)c3ccccc32)cc1. The van der Waals surface area contributed by atoms with E-state index in [0.717, 1.165) is 13.1 Å². The molecule has 0 radical (unpaired) electrons. The van der Waals surface area contributed by atoms with Crippen molar-refractivity contribution in [3.05, 3.63) is 89.5 Å². The Morgan fingerprint density at radius 2 is 1.23 bits per heavy atom. The molecule has 2 nitrogen and oxygen atoms in total. The highest BCUT2D eigenvalue weighted by Gasteiger charge is 2.29. The third kappa shape index (κ3) is 2.66. The molecule has 0 aromatic heterocycles. The van der Waals surface area contributed by atoms with Crippen molar-refractivity contribution in [2.75, 3.05) is 29.9 Å². The topological polar surface area (TPSA) is 6.48 Å². The van der Waals surface area contributed by atoms with Crippen molar-refractivity contribution in [2.45, 2.75) is 19.8 Å². The second kappa shape index (κ2) is 6.87. The summed E-state index contributed by atoms with van der Waals surface area (Å²) in [6.45, 7) is 6.49. The van der Waals surface area contributed by atoms with Crippen LogP contribution in [0.3, 0.4) is 0 Å². The van der Waals surface area contributed by atoms with E-state index in [9.17, 15) is 0 Å². The molecule has 1 aliphatic heterocycles. The highest BCUT2D eigenvalue weighted by Crippen LogP contribution is 2.47. The molecule has 26 heavy (non-hydrogen) atoms. The minimum absolute atomic E-state index is 0.282. The van der Waals surface area contributed by atoms with Gasteiger partial charge in [0.1, 0.15) is 0 Å². The maximum atomic E-state index is 2.39. The van der Waals surface area contributed by atoms with Crippen molar-refractivity contribution in [2.24, 2.45) is 0 Å². The van der Waals surface area contributed by atoms with Gasteiger partial charge < -0.3 is 9.80 Å². The summed E-state index contributed by atoms with van der Waals surface area (Å²) in [5, 5.41) is 0. The smallest absolute Gasteiger partial charge is 0.0450 e. The van der Waals surface area contributed by atoms with Crippen LogP contribution in [0.25, 0.3) is 0 Å². The summed E-state index contributed by atoms with van der Waals surface area (Å²) >= 11 is 0. The van der Waals surface area contributed by atoms with Gasteiger partial charge in [-0.25, -0.2) is 0 Å². The van der Waals surface area contributed by atoms with Gasteiger partial charge in [0.15, 0.2) is 0 Å². The first-order valence-corrected chi connectivity index (χ1v) is 9.51. The molecular weight excluding hydrogens is 316 g/mol. The van der Waals surface area contributed by atoms with Crippen molar-refractivity contribution in [1.29, 1.82) is 0 Å². The van der Waals surface area contributed by atoms with Crippen LogP contribution in [0.4, 0.5) is 17.1 Å². The van der Waals surface area contributed by atoms with Gasteiger partial charge in [-0.05, 0) is 54.8 Å². The van der Waals surface area contributed by atoms with E-state index >= 15 is 0 Å². The first kappa shape index (κ1) is 16.7. The van der Waals surface area contributed by atoms with E-state index in [1.54, 1.807) is 0 Å². The number of fused-ring (bicyclic) bond motifs is 2. The lowest BCUT2D eigenvalue weighted by atomic mass is 9.80. The van der Waals surface area contributed by atoms with Gasteiger partial charge in [-0.1, -0.05) is 48.5 Å². The molecule has 0 unspecified atom stereocenters. The van der Waals surface area contributed by atoms with Crippen molar-refractivity contribution >= 4 is 17.1 Å². The van der Waals surface area contributed by atoms with Crippen molar-refractivity contribution < 1.29 is 0 Å². The van der Waals surface area contributed by atoms with Gasteiger partial charge in [-0.3, -0.25) is 0 Å². The molecule has 132 valence electrons. The highest BCUT2D eigenvalue weighted by atomic mass is 15.1. The number of nitrogens with zero attached hydrogens (tertiary/aromatic N) is 2. The molecular formula is C24H26N2. The van der Waals surface area contributed by atoms with Crippen LogP contribution in [0.2, 0.25) is 0 Å². The van der Waals surface area contributed by atoms with Crippen LogP contribution in [0, 0.1) is 0 Å². The fourth-order valence-corrected chi connectivity index (χ4v) is 4.20. The molecule has 3 aromatic rings. The number of benzene rings is 3. The highest BCUT2D eigenvalue weighted by molar-refractivity contribution is 5.77. The second-order valence-electron chi connectivity index (χ2n) is 6.87. The predicted molar refractivity (Wildman–Crippen MR) is 112 cm³/mol. The zero-order chi connectivity index (χ0) is 18.1. The molecule has 3 aromatic carbocycles. The van der Waals surface area contributed by atoms with Gasteiger partial charge in [0.2, 0.25) is 0 Å². The Hall–Kier alpha value is -2.74. The van der Waals surface area contributed by atoms with E-state index in [0.29, 0.717) is 0 Å². The Bertz CT molecular complexity index is 847. The van der Waals surface area contributed by atoms with Crippen LogP contribution in [-0.4, -0.2) is 20.1 Å². The van der Waals surface area contributed by atoms with E-state index in [4.69, 9.17) is 0 Å². The first-order valence-electron chi connectivity index (χ1n) is 9.51. The summed E-state index contributed by atoms with van der Waals surface area (Å²) in [5.41, 5.74) is 8.00. The van der Waals surface area contributed by atoms with Crippen LogP contribution in [0.1, 0.15) is 36.5 Å². The second-order valence-corrected chi connectivity index (χ2v) is 6.87. The molecule has 0 atom stereocenters. The molecule has 0 bridgehead atoms. The summed E-state index contributed by atoms with van der Waals surface area (Å²) in [7, 11) is 2.16. The number of para-hydroxylation sites is 2. The third-order valence-corrected chi connectivity index (χ3v) is 5.57. The zero-order valence-corrected chi connectivity index (χ0v) is 15.8. The minimum Gasteiger partial charge on any atom is -0.372 e. The van der Waals surface area contributed by atoms with Gasteiger partial charge in [-0.2, -0.15) is 0 Å². The zero-order valence-electron chi connectivity index (χ0n) is 15.8. The standard InChI is InChI=1S/C24H26N2/c1-4-26(5-2)19-16-14-18(15-17-19)24-20-10-6-8-12-22(20)25(3)23-13-9-7-11-21(23)24/h6-17,24H,4-5H2,1-3H3. The van der Waals surface area contributed by atoms with Gasteiger partial charge in [0.05, 0.1) is 0 Å². The molecule has 0 amide bonds. The lowest BCUT2D eigenvalue weighted by molar-refractivity contribution is 0.863. The van der Waals surface area contributed by atoms with Crippen LogP contribution in [0.15, 0.2) is 72.8 Å². The number of hydrogen-bond acceptors (Lipinski definition) is 2. The van der Waals surface area contributed by atoms with E-state index in [1.807, 2.05) is 0 Å². The quantitative estimate of drug-likeness (QED) is 0.592. The largest absolute Gasteiger partial charge is 0.372 e. The first-order chi connectivity index (χ1) is 12.7. The lowest BCUT2D eigenvalue weighted by Gasteiger charge is -2.35. The van der Waals surface area contributed by atoms with Crippen LogP contribution in [0.5, 0.6) is 0 Å². The molecule has 0 saturated carbocycles. The average molecular weight is 342 g/mol. The normalized spacial score (nSPS) is 13.3. The fourth-order valence-electron chi connectivity index (χ4n) is 4.20. The Balaban J connectivity index is 1.83. The van der Waals surface area contributed by atoms with Gasteiger partial charge >= 0.3 is 0 Å². The number of rotatable bonds is 4. The Morgan fingerprint density at radius 1 is 0.731 bits per heavy atom. The molecule has 2 heteroatoms. The van der Waals surface area contributed by atoms with E-state index in [-0.39, 0.29) is 5.92 Å². The van der Waals surface area contributed by atoms with Gasteiger partial charge in [0.25, 0.3) is 0 Å². The molecule has 0 spiro atoms. The summed E-state index contributed by atoms with van der Waals surface area (Å²) in [4.78, 5) is 4.70. The van der Waals surface area contributed by atoms with Crippen molar-refractivity contribution in [3.8, 4) is 0 Å². The molecule has 1 aliphatic rings. The van der Waals surface area contributed by atoms with E-state index in [1.165, 1.54) is 33.8 Å². The Kier molecular flexibility index (Phi) is 4.42. The molecule has 0 N–H and O–H groups in total. The van der Waals surface area contributed by atoms with Gasteiger partial charge in [-0.15, -0.1) is 0 Å². The Labute approximate surface area is 156 Å². The Morgan fingerprint density at radius 3 is 1.73 bits per heavy atom. The summed E-state index contributed by atoms with van der Waals surface area (Å²) in [6.07, 6.45) is 0. The maximum absolute atomic E-state index is 2.39.